The van der Waals surface area contributed by atoms with Crippen molar-refractivity contribution in [2.75, 3.05) is 0 Å². The minimum absolute atomic E-state index is 0.157. The molecule has 1 aliphatic carbocycles. The van der Waals surface area contributed by atoms with E-state index in [0.717, 1.165) is 6.08 Å². The lowest BCUT2D eigenvalue weighted by molar-refractivity contribution is -0.120. The standard InChI is InChI=1S/C8H10F2O/c1-5(2)7(11)6-3-8(9,10)4-6/h3,5H,4H2,1-2H3. The molecule has 0 heterocycles. The molecule has 11 heavy (non-hydrogen) atoms. The molecule has 0 aromatic carbocycles. The van der Waals surface area contributed by atoms with Crippen LogP contribution in [0.3, 0.4) is 0 Å². The average molecular weight is 160 g/mol. The molecular weight excluding hydrogens is 150 g/mol. The van der Waals surface area contributed by atoms with Gasteiger partial charge in [-0.3, -0.25) is 4.79 Å². The summed E-state index contributed by atoms with van der Waals surface area (Å²) in [6, 6.07) is 0. The largest absolute Gasteiger partial charge is 0.294 e. The van der Waals surface area contributed by atoms with Crippen LogP contribution in [0.2, 0.25) is 0 Å². The Labute approximate surface area is 64.1 Å². The van der Waals surface area contributed by atoms with E-state index >= 15 is 0 Å². The summed E-state index contributed by atoms with van der Waals surface area (Å²) in [7, 11) is 0. The number of allylic oxidation sites excluding steroid dienone is 2. The van der Waals surface area contributed by atoms with Gasteiger partial charge < -0.3 is 0 Å². The molecule has 62 valence electrons. The molecule has 0 aromatic rings. The Bertz CT molecular complexity index is 216. The first-order valence-electron chi connectivity index (χ1n) is 3.56. The molecule has 0 amide bonds. The van der Waals surface area contributed by atoms with Gasteiger partial charge in [0.15, 0.2) is 5.78 Å². The zero-order valence-electron chi connectivity index (χ0n) is 6.53. The average Bonchev–Trinajstić information content (AvgIpc) is 1.80. The second-order valence-corrected chi connectivity index (χ2v) is 3.13. The van der Waals surface area contributed by atoms with Gasteiger partial charge in [0.05, 0.1) is 0 Å². The summed E-state index contributed by atoms with van der Waals surface area (Å²) in [4.78, 5) is 11.0. The van der Waals surface area contributed by atoms with Crippen molar-refractivity contribution >= 4 is 5.78 Å². The third-order valence-corrected chi connectivity index (χ3v) is 1.65. The molecule has 1 aliphatic rings. The van der Waals surface area contributed by atoms with E-state index in [1.165, 1.54) is 0 Å². The molecule has 0 fully saturated rings. The SMILES string of the molecule is CC(C)C(=O)C1=CC(F)(F)C1. The molecule has 1 nitrogen and oxygen atoms in total. The van der Waals surface area contributed by atoms with Crippen LogP contribution in [0.1, 0.15) is 20.3 Å². The van der Waals surface area contributed by atoms with Crippen LogP contribution in [0.5, 0.6) is 0 Å². The van der Waals surface area contributed by atoms with Gasteiger partial charge in [0.25, 0.3) is 5.92 Å². The molecule has 0 radical (unpaired) electrons. The van der Waals surface area contributed by atoms with Crippen molar-refractivity contribution < 1.29 is 13.6 Å². The maximum Gasteiger partial charge on any atom is 0.271 e. The Morgan fingerprint density at radius 2 is 2.09 bits per heavy atom. The van der Waals surface area contributed by atoms with Crippen LogP contribution in [0, 0.1) is 5.92 Å². The number of ketones is 1. The number of carbonyl (C=O) groups excluding carboxylic acids is 1. The van der Waals surface area contributed by atoms with Crippen LogP contribution in [0.4, 0.5) is 8.78 Å². The molecule has 0 saturated carbocycles. The van der Waals surface area contributed by atoms with Gasteiger partial charge in [0.2, 0.25) is 0 Å². The van der Waals surface area contributed by atoms with Gasteiger partial charge >= 0.3 is 0 Å². The van der Waals surface area contributed by atoms with Gasteiger partial charge in [-0.2, -0.15) is 0 Å². The van der Waals surface area contributed by atoms with Crippen molar-refractivity contribution in [2.24, 2.45) is 5.92 Å². The lowest BCUT2D eigenvalue weighted by atomic mass is 9.87. The van der Waals surface area contributed by atoms with Gasteiger partial charge in [-0.1, -0.05) is 13.8 Å². The van der Waals surface area contributed by atoms with Gasteiger partial charge in [-0.05, 0) is 6.08 Å². The van der Waals surface area contributed by atoms with Crippen molar-refractivity contribution in [1.29, 1.82) is 0 Å². The van der Waals surface area contributed by atoms with Crippen molar-refractivity contribution in [3.63, 3.8) is 0 Å². The molecule has 1 rings (SSSR count). The van der Waals surface area contributed by atoms with E-state index in [0.29, 0.717) is 0 Å². The third kappa shape index (κ3) is 1.64. The smallest absolute Gasteiger partial charge is 0.271 e. The van der Waals surface area contributed by atoms with Crippen LogP contribution in [0.25, 0.3) is 0 Å². The van der Waals surface area contributed by atoms with Gasteiger partial charge in [-0.15, -0.1) is 0 Å². The lowest BCUT2D eigenvalue weighted by Crippen LogP contribution is -2.29. The fraction of sp³-hybridized carbons (Fsp3) is 0.625. The Balaban J connectivity index is 2.62. The van der Waals surface area contributed by atoms with Crippen LogP contribution in [-0.2, 0) is 4.79 Å². The summed E-state index contributed by atoms with van der Waals surface area (Å²) in [6.07, 6.45) is 0.388. The predicted octanol–water partition coefficient (Wildman–Crippen LogP) is 2.18. The van der Waals surface area contributed by atoms with Crippen LogP contribution in [0.15, 0.2) is 11.6 Å². The monoisotopic (exact) mass is 160 g/mol. The van der Waals surface area contributed by atoms with Crippen molar-refractivity contribution in [1.82, 2.24) is 0 Å². The summed E-state index contributed by atoms with van der Waals surface area (Å²) in [5.41, 5.74) is 0.282. The molecule has 0 atom stereocenters. The Hall–Kier alpha value is -0.730. The zero-order valence-corrected chi connectivity index (χ0v) is 6.53. The maximum absolute atomic E-state index is 12.2. The minimum atomic E-state index is -2.72. The first-order chi connectivity index (χ1) is 4.92. The Morgan fingerprint density at radius 1 is 1.64 bits per heavy atom. The number of halogens is 2. The second-order valence-electron chi connectivity index (χ2n) is 3.13. The number of Topliss-reactive ketones (excluding diaryl/α,β-unsaturated/α-hetero) is 1. The fourth-order valence-corrected chi connectivity index (χ4v) is 1.01. The van der Waals surface area contributed by atoms with Gasteiger partial charge in [-0.25, -0.2) is 8.78 Å². The Morgan fingerprint density at radius 3 is 2.36 bits per heavy atom. The van der Waals surface area contributed by atoms with Gasteiger partial charge in [0.1, 0.15) is 0 Å². The highest BCUT2D eigenvalue weighted by Crippen LogP contribution is 2.36. The number of rotatable bonds is 2. The van der Waals surface area contributed by atoms with Crippen molar-refractivity contribution in [2.45, 2.75) is 26.2 Å². The third-order valence-electron chi connectivity index (χ3n) is 1.65. The highest BCUT2D eigenvalue weighted by molar-refractivity contribution is 5.98. The van der Waals surface area contributed by atoms with E-state index in [-0.39, 0.29) is 23.7 Å². The fourth-order valence-electron chi connectivity index (χ4n) is 1.01. The molecule has 0 saturated heterocycles. The van der Waals surface area contributed by atoms with E-state index in [9.17, 15) is 13.6 Å². The molecule has 3 heteroatoms. The van der Waals surface area contributed by atoms with Crippen LogP contribution < -0.4 is 0 Å². The lowest BCUT2D eigenvalue weighted by Gasteiger charge is -2.24. The number of hydrogen-bond acceptors (Lipinski definition) is 1. The highest BCUT2D eigenvalue weighted by atomic mass is 19.3. The number of carbonyl (C=O) groups is 1. The summed E-state index contributed by atoms with van der Waals surface area (Å²) in [5.74, 6) is -3.05. The summed E-state index contributed by atoms with van der Waals surface area (Å²) < 4.78 is 24.4. The van der Waals surface area contributed by atoms with E-state index < -0.39 is 5.92 Å². The normalized spacial score (nSPS) is 21.0. The summed E-state index contributed by atoms with van der Waals surface area (Å²) >= 11 is 0. The summed E-state index contributed by atoms with van der Waals surface area (Å²) in [5, 5.41) is 0. The van der Waals surface area contributed by atoms with E-state index in [4.69, 9.17) is 0 Å². The minimum Gasteiger partial charge on any atom is -0.294 e. The van der Waals surface area contributed by atoms with E-state index in [2.05, 4.69) is 0 Å². The molecular formula is C8H10F2O. The number of alkyl halides is 2. The molecule has 0 unspecified atom stereocenters. The highest BCUT2D eigenvalue weighted by Gasteiger charge is 2.39. The van der Waals surface area contributed by atoms with Crippen LogP contribution >= 0.6 is 0 Å². The molecule has 0 aromatic heterocycles. The molecule has 0 N–H and O–H groups in total. The molecule has 0 aliphatic heterocycles. The van der Waals surface area contributed by atoms with E-state index in [1.54, 1.807) is 13.8 Å². The molecule has 0 bridgehead atoms. The predicted molar refractivity (Wildman–Crippen MR) is 37.5 cm³/mol. The van der Waals surface area contributed by atoms with Crippen LogP contribution in [-0.4, -0.2) is 11.7 Å². The first-order valence-corrected chi connectivity index (χ1v) is 3.56. The Kier molecular flexibility index (Phi) is 1.82. The summed E-state index contributed by atoms with van der Waals surface area (Å²) in [6.45, 7) is 3.42. The zero-order chi connectivity index (χ0) is 8.65. The topological polar surface area (TPSA) is 17.1 Å². The second kappa shape index (κ2) is 2.40. The quantitative estimate of drug-likeness (QED) is 0.605. The van der Waals surface area contributed by atoms with Gasteiger partial charge in [0, 0.05) is 17.9 Å². The van der Waals surface area contributed by atoms with E-state index in [1.807, 2.05) is 0 Å². The van der Waals surface area contributed by atoms with Crippen molar-refractivity contribution in [3.05, 3.63) is 11.6 Å². The number of hydrogen-bond donors (Lipinski definition) is 0. The first kappa shape index (κ1) is 8.37. The maximum atomic E-state index is 12.2. The van der Waals surface area contributed by atoms with Crippen molar-refractivity contribution in [3.8, 4) is 0 Å². The molecule has 0 spiro atoms.